The summed E-state index contributed by atoms with van der Waals surface area (Å²) in [5.41, 5.74) is -0.240. The van der Waals surface area contributed by atoms with E-state index in [1.165, 1.54) is 13.4 Å². The molecule has 0 unspecified atom stereocenters. The number of aliphatic hydroxyl groups is 2. The molecule has 1 saturated carbocycles. The van der Waals surface area contributed by atoms with Crippen molar-refractivity contribution in [2.24, 2.45) is 17.3 Å². The summed E-state index contributed by atoms with van der Waals surface area (Å²) in [5, 5.41) is 21.7. The number of hydrogen-bond acceptors (Lipinski definition) is 5. The lowest BCUT2D eigenvalue weighted by atomic mass is 9.67. The molecule has 5 heteroatoms. The fourth-order valence-corrected chi connectivity index (χ4v) is 4.33. The fraction of sp³-hybridized carbons (Fsp3) is 0.688. The van der Waals surface area contributed by atoms with E-state index in [1.807, 2.05) is 0 Å². The Morgan fingerprint density at radius 3 is 2.67 bits per heavy atom. The Morgan fingerprint density at radius 1 is 1.38 bits per heavy atom. The third-order valence-electron chi connectivity index (χ3n) is 5.22. The SMILES string of the molecule is COC(=O)c1occ2c1[C@@](C)(O)[C@H]1CC(C)(C)C[C@H]1[C@@H]2O. The van der Waals surface area contributed by atoms with E-state index < -0.39 is 17.7 Å². The van der Waals surface area contributed by atoms with Crippen LogP contribution in [0.3, 0.4) is 0 Å². The maximum Gasteiger partial charge on any atom is 0.374 e. The quantitative estimate of drug-likeness (QED) is 0.777. The molecular weight excluding hydrogens is 272 g/mol. The minimum absolute atomic E-state index is 0.000272. The van der Waals surface area contributed by atoms with Gasteiger partial charge >= 0.3 is 5.97 Å². The average Bonchev–Trinajstić information content (AvgIpc) is 2.97. The van der Waals surface area contributed by atoms with Crippen molar-refractivity contribution >= 4 is 5.97 Å². The maximum atomic E-state index is 11.9. The molecule has 0 amide bonds. The van der Waals surface area contributed by atoms with Gasteiger partial charge in [0.25, 0.3) is 0 Å². The van der Waals surface area contributed by atoms with Crippen LogP contribution in [0.15, 0.2) is 10.7 Å². The van der Waals surface area contributed by atoms with E-state index in [4.69, 9.17) is 9.15 Å². The van der Waals surface area contributed by atoms with Gasteiger partial charge in [0.2, 0.25) is 5.76 Å². The number of aliphatic hydroxyl groups excluding tert-OH is 1. The number of hydrogen-bond donors (Lipinski definition) is 2. The van der Waals surface area contributed by atoms with Crippen molar-refractivity contribution in [2.45, 2.75) is 45.3 Å². The lowest BCUT2D eigenvalue weighted by molar-refractivity contribution is -0.0707. The monoisotopic (exact) mass is 294 g/mol. The molecule has 0 radical (unpaired) electrons. The Kier molecular flexibility index (Phi) is 3.01. The first-order valence-electron chi connectivity index (χ1n) is 7.29. The van der Waals surface area contributed by atoms with Crippen molar-refractivity contribution in [1.29, 1.82) is 0 Å². The number of rotatable bonds is 1. The van der Waals surface area contributed by atoms with E-state index in [0.717, 1.165) is 12.8 Å². The van der Waals surface area contributed by atoms with Gasteiger partial charge in [0, 0.05) is 11.1 Å². The molecule has 1 aromatic heterocycles. The number of furan rings is 1. The average molecular weight is 294 g/mol. The predicted octanol–water partition coefficient (Wildman–Crippen LogP) is 2.37. The van der Waals surface area contributed by atoms with Crippen molar-refractivity contribution in [3.63, 3.8) is 0 Å². The Labute approximate surface area is 123 Å². The van der Waals surface area contributed by atoms with Crippen molar-refractivity contribution in [2.75, 3.05) is 7.11 Å². The van der Waals surface area contributed by atoms with E-state index >= 15 is 0 Å². The summed E-state index contributed by atoms with van der Waals surface area (Å²) in [6.45, 7) is 5.99. The summed E-state index contributed by atoms with van der Waals surface area (Å²) in [6, 6.07) is 0. The molecular formula is C16H22O5. The van der Waals surface area contributed by atoms with Crippen LogP contribution in [-0.2, 0) is 10.3 Å². The highest BCUT2D eigenvalue weighted by Crippen LogP contribution is 2.60. The zero-order valence-corrected chi connectivity index (χ0v) is 12.8. The van der Waals surface area contributed by atoms with Crippen LogP contribution in [-0.4, -0.2) is 23.3 Å². The number of fused-ring (bicyclic) bond motifs is 2. The fourth-order valence-electron chi connectivity index (χ4n) is 4.33. The van der Waals surface area contributed by atoms with Crippen LogP contribution < -0.4 is 0 Å². The highest BCUT2D eigenvalue weighted by molar-refractivity contribution is 5.89. The second kappa shape index (κ2) is 4.34. The normalized spacial score (nSPS) is 37.0. The Balaban J connectivity index is 2.14. The molecule has 0 aromatic carbocycles. The number of carbonyl (C=O) groups excluding carboxylic acids is 1. The zero-order chi connectivity index (χ0) is 15.6. The molecule has 0 bridgehead atoms. The van der Waals surface area contributed by atoms with Crippen LogP contribution in [0.25, 0.3) is 0 Å². The Morgan fingerprint density at radius 2 is 2.05 bits per heavy atom. The molecule has 116 valence electrons. The predicted molar refractivity (Wildman–Crippen MR) is 74.6 cm³/mol. The number of esters is 1. The van der Waals surface area contributed by atoms with Crippen LogP contribution in [0.1, 0.15) is 61.4 Å². The summed E-state index contributed by atoms with van der Waals surface area (Å²) in [7, 11) is 1.27. The second-order valence-electron chi connectivity index (χ2n) is 7.32. The largest absolute Gasteiger partial charge is 0.463 e. The minimum Gasteiger partial charge on any atom is -0.463 e. The lowest BCUT2D eigenvalue weighted by Gasteiger charge is -2.41. The first-order valence-corrected chi connectivity index (χ1v) is 7.29. The highest BCUT2D eigenvalue weighted by Gasteiger charge is 2.57. The summed E-state index contributed by atoms with van der Waals surface area (Å²) in [5.74, 6) is -0.749. The standard InChI is InChI=1S/C16H22O5/c1-15(2)5-8-10(6-15)16(3,19)11-9(12(8)17)7-21-13(11)14(18)20-4/h7-8,10,12,17,19H,5-6H2,1-4H3/t8-,10+,12+,16+/m1/s1. The van der Waals surface area contributed by atoms with Crippen molar-refractivity contribution in [1.82, 2.24) is 0 Å². The first kappa shape index (κ1) is 14.6. The van der Waals surface area contributed by atoms with Gasteiger partial charge in [-0.15, -0.1) is 0 Å². The van der Waals surface area contributed by atoms with E-state index in [9.17, 15) is 15.0 Å². The smallest absolute Gasteiger partial charge is 0.374 e. The van der Waals surface area contributed by atoms with Crippen LogP contribution in [0.2, 0.25) is 0 Å². The van der Waals surface area contributed by atoms with Crippen LogP contribution >= 0.6 is 0 Å². The van der Waals surface area contributed by atoms with Crippen LogP contribution in [0.4, 0.5) is 0 Å². The van der Waals surface area contributed by atoms with Gasteiger partial charge < -0.3 is 19.4 Å². The number of methoxy groups -OCH3 is 1. The maximum absolute atomic E-state index is 11.9. The van der Waals surface area contributed by atoms with E-state index in [2.05, 4.69) is 13.8 Å². The molecule has 5 nitrogen and oxygen atoms in total. The van der Waals surface area contributed by atoms with Gasteiger partial charge in [-0.1, -0.05) is 13.8 Å². The first-order chi connectivity index (χ1) is 9.69. The van der Waals surface area contributed by atoms with E-state index in [0.29, 0.717) is 11.1 Å². The molecule has 1 fully saturated rings. The topological polar surface area (TPSA) is 79.9 Å². The molecule has 21 heavy (non-hydrogen) atoms. The van der Waals surface area contributed by atoms with Crippen LogP contribution in [0.5, 0.6) is 0 Å². The van der Waals surface area contributed by atoms with Gasteiger partial charge in [-0.25, -0.2) is 4.79 Å². The molecule has 1 heterocycles. The molecule has 4 atom stereocenters. The molecule has 0 spiro atoms. The molecule has 2 N–H and O–H groups in total. The molecule has 2 aliphatic carbocycles. The second-order valence-corrected chi connectivity index (χ2v) is 7.32. The number of carbonyl (C=O) groups is 1. The van der Waals surface area contributed by atoms with Gasteiger partial charge in [-0.05, 0) is 37.0 Å². The van der Waals surface area contributed by atoms with E-state index in [1.54, 1.807) is 6.92 Å². The van der Waals surface area contributed by atoms with Gasteiger partial charge in [-0.3, -0.25) is 0 Å². The van der Waals surface area contributed by atoms with Crippen molar-refractivity contribution in [3.05, 3.63) is 23.2 Å². The van der Waals surface area contributed by atoms with Gasteiger partial charge in [0.05, 0.1) is 25.1 Å². The van der Waals surface area contributed by atoms with Crippen molar-refractivity contribution < 1.29 is 24.2 Å². The van der Waals surface area contributed by atoms with Crippen LogP contribution in [0, 0.1) is 17.3 Å². The molecule has 1 aromatic rings. The zero-order valence-electron chi connectivity index (χ0n) is 12.8. The van der Waals surface area contributed by atoms with Crippen molar-refractivity contribution in [3.8, 4) is 0 Å². The summed E-state index contributed by atoms with van der Waals surface area (Å²) < 4.78 is 10.0. The van der Waals surface area contributed by atoms with Gasteiger partial charge in [-0.2, -0.15) is 0 Å². The third kappa shape index (κ3) is 1.94. The summed E-state index contributed by atoms with van der Waals surface area (Å²) in [4.78, 5) is 11.9. The molecule has 3 rings (SSSR count). The molecule has 2 aliphatic rings. The third-order valence-corrected chi connectivity index (χ3v) is 5.22. The lowest BCUT2D eigenvalue weighted by Crippen LogP contribution is -2.42. The van der Waals surface area contributed by atoms with E-state index in [-0.39, 0.29) is 23.0 Å². The highest BCUT2D eigenvalue weighted by atomic mass is 16.5. The minimum atomic E-state index is -1.20. The summed E-state index contributed by atoms with van der Waals surface area (Å²) in [6.07, 6.45) is 2.30. The van der Waals surface area contributed by atoms with Gasteiger partial charge in [0.1, 0.15) is 0 Å². The summed E-state index contributed by atoms with van der Waals surface area (Å²) >= 11 is 0. The molecule has 0 aliphatic heterocycles. The Hall–Kier alpha value is -1.33. The van der Waals surface area contributed by atoms with Gasteiger partial charge in [0.15, 0.2) is 0 Å². The Bertz CT molecular complexity index is 583. The molecule has 0 saturated heterocycles. The number of ether oxygens (including phenoxy) is 1.